The third kappa shape index (κ3) is 6.98. The van der Waals surface area contributed by atoms with Crippen LogP contribution in [0.3, 0.4) is 0 Å². The quantitative estimate of drug-likeness (QED) is 0.888. The highest BCUT2D eigenvalue weighted by Crippen LogP contribution is 2.22. The number of rotatable bonds is 3. The van der Waals surface area contributed by atoms with E-state index in [1.54, 1.807) is 0 Å². The molecule has 0 bridgehead atoms. The van der Waals surface area contributed by atoms with Gasteiger partial charge in [-0.3, -0.25) is 0 Å². The van der Waals surface area contributed by atoms with E-state index in [9.17, 15) is 4.79 Å². The predicted molar refractivity (Wildman–Crippen MR) is 88.4 cm³/mol. The molecule has 0 saturated carbocycles. The molecular formula is C18H27NO2. The number of hydrogen-bond acceptors (Lipinski definition) is 2. The fourth-order valence-corrected chi connectivity index (χ4v) is 1.75. The standard InChI is InChI=1S/C18H27NO2/c1-17(2,3)15-11-9-14(10-12-15)8-7-13-19-16(20)21-18(4,5)6/h7-12H,13H2,1-6H3,(H,19,20). The maximum Gasteiger partial charge on any atom is 0.407 e. The molecule has 1 amide bonds. The van der Waals surface area contributed by atoms with Gasteiger partial charge in [0.2, 0.25) is 0 Å². The molecule has 0 unspecified atom stereocenters. The molecule has 0 radical (unpaired) electrons. The molecule has 1 aromatic rings. The molecule has 21 heavy (non-hydrogen) atoms. The Morgan fingerprint density at radius 1 is 1.10 bits per heavy atom. The summed E-state index contributed by atoms with van der Waals surface area (Å²) in [5.41, 5.74) is 2.14. The topological polar surface area (TPSA) is 38.3 Å². The molecule has 0 spiro atoms. The van der Waals surface area contributed by atoms with E-state index in [0.717, 1.165) is 5.56 Å². The van der Waals surface area contributed by atoms with Gasteiger partial charge in [0, 0.05) is 6.54 Å². The van der Waals surface area contributed by atoms with Crippen molar-refractivity contribution in [3.8, 4) is 0 Å². The van der Waals surface area contributed by atoms with Gasteiger partial charge in [-0.2, -0.15) is 0 Å². The van der Waals surface area contributed by atoms with Crippen molar-refractivity contribution in [3.63, 3.8) is 0 Å². The highest BCUT2D eigenvalue weighted by Gasteiger charge is 2.15. The Hall–Kier alpha value is -1.77. The van der Waals surface area contributed by atoms with E-state index in [2.05, 4.69) is 50.4 Å². The van der Waals surface area contributed by atoms with E-state index in [4.69, 9.17) is 4.74 Å². The Bertz CT molecular complexity index is 487. The second-order valence-corrected chi connectivity index (χ2v) is 7.16. The average molecular weight is 289 g/mol. The maximum atomic E-state index is 11.5. The summed E-state index contributed by atoms with van der Waals surface area (Å²) in [7, 11) is 0. The molecule has 3 heteroatoms. The smallest absolute Gasteiger partial charge is 0.407 e. The lowest BCUT2D eigenvalue weighted by Crippen LogP contribution is -2.32. The number of amides is 1. The van der Waals surface area contributed by atoms with Crippen LogP contribution in [0.5, 0.6) is 0 Å². The van der Waals surface area contributed by atoms with Crippen molar-refractivity contribution >= 4 is 12.2 Å². The number of nitrogens with one attached hydrogen (secondary N) is 1. The van der Waals surface area contributed by atoms with Crippen LogP contribution in [0, 0.1) is 0 Å². The van der Waals surface area contributed by atoms with Gasteiger partial charge in [-0.05, 0) is 37.3 Å². The van der Waals surface area contributed by atoms with Crippen molar-refractivity contribution in [2.75, 3.05) is 6.54 Å². The molecule has 1 aromatic carbocycles. The summed E-state index contributed by atoms with van der Waals surface area (Å²) in [5, 5.41) is 2.70. The van der Waals surface area contributed by atoms with E-state index < -0.39 is 11.7 Å². The third-order valence-electron chi connectivity index (χ3n) is 2.85. The van der Waals surface area contributed by atoms with Crippen molar-refractivity contribution < 1.29 is 9.53 Å². The Morgan fingerprint density at radius 2 is 1.67 bits per heavy atom. The Morgan fingerprint density at radius 3 is 2.14 bits per heavy atom. The van der Waals surface area contributed by atoms with Gasteiger partial charge in [-0.25, -0.2) is 4.79 Å². The molecule has 1 N–H and O–H groups in total. The summed E-state index contributed by atoms with van der Waals surface area (Å²) in [6.45, 7) is 12.6. The van der Waals surface area contributed by atoms with Gasteiger partial charge < -0.3 is 10.1 Å². The molecule has 0 heterocycles. The average Bonchev–Trinajstić information content (AvgIpc) is 2.32. The number of benzene rings is 1. The van der Waals surface area contributed by atoms with Gasteiger partial charge in [-0.1, -0.05) is 57.2 Å². The van der Waals surface area contributed by atoms with Crippen molar-refractivity contribution in [1.82, 2.24) is 5.32 Å². The molecule has 0 fully saturated rings. The van der Waals surface area contributed by atoms with Gasteiger partial charge in [0.25, 0.3) is 0 Å². The lowest BCUT2D eigenvalue weighted by atomic mass is 9.87. The summed E-state index contributed by atoms with van der Waals surface area (Å²) < 4.78 is 5.16. The van der Waals surface area contributed by atoms with Crippen molar-refractivity contribution in [1.29, 1.82) is 0 Å². The molecule has 0 aliphatic heterocycles. The van der Waals surface area contributed by atoms with Gasteiger partial charge in [0.1, 0.15) is 5.60 Å². The van der Waals surface area contributed by atoms with Crippen LogP contribution < -0.4 is 5.32 Å². The number of alkyl carbamates (subject to hydrolysis) is 1. The monoisotopic (exact) mass is 289 g/mol. The largest absolute Gasteiger partial charge is 0.444 e. The number of carbonyl (C=O) groups is 1. The number of ether oxygens (including phenoxy) is 1. The molecule has 0 aliphatic carbocycles. The van der Waals surface area contributed by atoms with E-state index in [0.29, 0.717) is 6.54 Å². The third-order valence-corrected chi connectivity index (χ3v) is 2.85. The van der Waals surface area contributed by atoms with Crippen LogP contribution >= 0.6 is 0 Å². The van der Waals surface area contributed by atoms with Crippen LogP contribution in [0.4, 0.5) is 4.79 Å². The zero-order valence-electron chi connectivity index (χ0n) is 14.0. The van der Waals surface area contributed by atoms with E-state index in [1.807, 2.05) is 32.9 Å². The van der Waals surface area contributed by atoms with Crippen molar-refractivity contribution in [3.05, 3.63) is 41.5 Å². The fourth-order valence-electron chi connectivity index (χ4n) is 1.75. The molecule has 0 atom stereocenters. The summed E-state index contributed by atoms with van der Waals surface area (Å²) in [6.07, 6.45) is 3.51. The molecule has 0 aliphatic rings. The molecule has 116 valence electrons. The van der Waals surface area contributed by atoms with Gasteiger partial charge in [0.15, 0.2) is 0 Å². The van der Waals surface area contributed by atoms with Gasteiger partial charge in [0.05, 0.1) is 0 Å². The van der Waals surface area contributed by atoms with Crippen LogP contribution in [0.15, 0.2) is 30.3 Å². The zero-order valence-corrected chi connectivity index (χ0v) is 14.0. The van der Waals surface area contributed by atoms with Crippen LogP contribution in [-0.2, 0) is 10.2 Å². The molecule has 0 saturated heterocycles. The Kier molecular flexibility index (Phi) is 5.59. The second kappa shape index (κ2) is 6.79. The van der Waals surface area contributed by atoms with Crippen molar-refractivity contribution in [2.24, 2.45) is 0 Å². The minimum atomic E-state index is -0.462. The van der Waals surface area contributed by atoms with Crippen LogP contribution in [-0.4, -0.2) is 18.2 Å². The molecule has 1 rings (SSSR count). The SMILES string of the molecule is CC(C)(C)OC(=O)NCC=Cc1ccc(C(C)(C)C)cc1. The second-order valence-electron chi connectivity index (χ2n) is 7.16. The summed E-state index contributed by atoms with van der Waals surface area (Å²) >= 11 is 0. The normalized spacial score (nSPS) is 12.5. The molecule has 0 aromatic heterocycles. The Labute approximate surface area is 128 Å². The first-order chi connectivity index (χ1) is 9.58. The molecule has 3 nitrogen and oxygen atoms in total. The maximum absolute atomic E-state index is 11.5. The lowest BCUT2D eigenvalue weighted by molar-refractivity contribution is 0.0534. The van der Waals surface area contributed by atoms with Crippen LogP contribution in [0.2, 0.25) is 0 Å². The number of carbonyl (C=O) groups excluding carboxylic acids is 1. The van der Waals surface area contributed by atoms with E-state index >= 15 is 0 Å². The van der Waals surface area contributed by atoms with Crippen LogP contribution in [0.1, 0.15) is 52.7 Å². The summed E-state index contributed by atoms with van der Waals surface area (Å²) in [6, 6.07) is 8.46. The van der Waals surface area contributed by atoms with Gasteiger partial charge in [-0.15, -0.1) is 0 Å². The van der Waals surface area contributed by atoms with E-state index in [-0.39, 0.29) is 5.41 Å². The van der Waals surface area contributed by atoms with Crippen LogP contribution in [0.25, 0.3) is 6.08 Å². The highest BCUT2D eigenvalue weighted by molar-refractivity contribution is 5.68. The lowest BCUT2D eigenvalue weighted by Gasteiger charge is -2.19. The molecular weight excluding hydrogens is 262 g/mol. The predicted octanol–water partition coefficient (Wildman–Crippen LogP) is 4.52. The minimum Gasteiger partial charge on any atom is -0.444 e. The zero-order chi connectivity index (χ0) is 16.1. The Balaban J connectivity index is 2.46. The minimum absolute atomic E-state index is 0.167. The first-order valence-corrected chi connectivity index (χ1v) is 7.32. The summed E-state index contributed by atoms with van der Waals surface area (Å²) in [5.74, 6) is 0. The van der Waals surface area contributed by atoms with Gasteiger partial charge >= 0.3 is 6.09 Å². The van der Waals surface area contributed by atoms with E-state index in [1.165, 1.54) is 5.56 Å². The summed E-state index contributed by atoms with van der Waals surface area (Å²) in [4.78, 5) is 11.5. The fraction of sp³-hybridized carbons (Fsp3) is 0.500. The van der Waals surface area contributed by atoms with Crippen molar-refractivity contribution in [2.45, 2.75) is 52.6 Å². The first kappa shape index (κ1) is 17.3. The highest BCUT2D eigenvalue weighted by atomic mass is 16.6. The first-order valence-electron chi connectivity index (χ1n) is 7.32. The number of hydrogen-bond donors (Lipinski definition) is 1.